The van der Waals surface area contributed by atoms with Gasteiger partial charge in [0.2, 0.25) is 0 Å². The van der Waals surface area contributed by atoms with E-state index in [1.807, 2.05) is 0 Å². The van der Waals surface area contributed by atoms with E-state index in [1.54, 1.807) is 0 Å². The van der Waals surface area contributed by atoms with E-state index in [0.29, 0.717) is 0 Å². The average molecular weight is 106 g/mol. The second-order valence-corrected chi connectivity index (χ2v) is 1.14. The lowest BCUT2D eigenvalue weighted by Crippen LogP contribution is -1.84. The van der Waals surface area contributed by atoms with Gasteiger partial charge in [0.05, 0.1) is 0 Å². The standard InChI is InChI=1S/C3H4ClNO/c1-2(6)3(4)5/h5-6H,1H2. The smallest absolute Gasteiger partial charge is 0.162 e. The highest BCUT2D eigenvalue weighted by molar-refractivity contribution is 6.68. The van der Waals surface area contributed by atoms with Gasteiger partial charge in [-0.1, -0.05) is 18.2 Å². The van der Waals surface area contributed by atoms with Gasteiger partial charge < -0.3 is 5.11 Å². The minimum atomic E-state index is -0.407. The fourth-order valence-corrected chi connectivity index (χ4v) is 0. The Morgan fingerprint density at radius 2 is 2.00 bits per heavy atom. The largest absolute Gasteiger partial charge is 0.505 e. The van der Waals surface area contributed by atoms with Crippen molar-refractivity contribution in [2.24, 2.45) is 0 Å². The van der Waals surface area contributed by atoms with Gasteiger partial charge in [-0.15, -0.1) is 0 Å². The van der Waals surface area contributed by atoms with Crippen LogP contribution in [0.1, 0.15) is 0 Å². The van der Waals surface area contributed by atoms with Gasteiger partial charge in [0.15, 0.2) is 5.17 Å². The lowest BCUT2D eigenvalue weighted by Gasteiger charge is -1.82. The van der Waals surface area contributed by atoms with E-state index in [0.717, 1.165) is 0 Å². The van der Waals surface area contributed by atoms with Gasteiger partial charge >= 0.3 is 0 Å². The zero-order chi connectivity index (χ0) is 5.15. The highest BCUT2D eigenvalue weighted by Crippen LogP contribution is 1.88. The van der Waals surface area contributed by atoms with Crippen molar-refractivity contribution >= 4 is 16.8 Å². The average Bonchev–Trinajstić information content (AvgIpc) is 1.36. The van der Waals surface area contributed by atoms with Crippen molar-refractivity contribution in [3.8, 4) is 0 Å². The number of nitrogens with one attached hydrogen (secondary N) is 1. The molecule has 3 heteroatoms. The minimum absolute atomic E-state index is 0.392. The van der Waals surface area contributed by atoms with Crippen molar-refractivity contribution < 1.29 is 5.11 Å². The van der Waals surface area contributed by atoms with Crippen LogP contribution in [0.5, 0.6) is 0 Å². The summed E-state index contributed by atoms with van der Waals surface area (Å²) >= 11 is 4.85. The molecule has 0 aliphatic carbocycles. The van der Waals surface area contributed by atoms with Crippen molar-refractivity contribution in [2.75, 3.05) is 0 Å². The van der Waals surface area contributed by atoms with Gasteiger partial charge in [-0.05, 0) is 0 Å². The van der Waals surface area contributed by atoms with E-state index < -0.39 is 10.9 Å². The first-order chi connectivity index (χ1) is 2.64. The Morgan fingerprint density at radius 1 is 1.83 bits per heavy atom. The minimum Gasteiger partial charge on any atom is -0.505 e. The Kier molecular flexibility index (Phi) is 1.67. The highest BCUT2D eigenvalue weighted by atomic mass is 35.5. The second kappa shape index (κ2) is 1.82. The van der Waals surface area contributed by atoms with E-state index in [4.69, 9.17) is 22.1 Å². The molecule has 0 heterocycles. The van der Waals surface area contributed by atoms with Crippen LogP contribution in [-0.2, 0) is 0 Å². The molecule has 2 nitrogen and oxygen atoms in total. The first-order valence-electron chi connectivity index (χ1n) is 1.27. The summed E-state index contributed by atoms with van der Waals surface area (Å²) in [5.74, 6) is -0.392. The topological polar surface area (TPSA) is 44.1 Å². The van der Waals surface area contributed by atoms with Crippen molar-refractivity contribution in [3.05, 3.63) is 12.3 Å². The van der Waals surface area contributed by atoms with Gasteiger partial charge in [0, 0.05) is 0 Å². The predicted octanol–water partition coefficient (Wildman–Crippen LogP) is 1.27. The first-order valence-corrected chi connectivity index (χ1v) is 1.64. The van der Waals surface area contributed by atoms with Gasteiger partial charge in [-0.2, -0.15) is 0 Å². The molecule has 0 aliphatic rings. The molecule has 2 N–H and O–H groups in total. The maximum absolute atomic E-state index is 8.08. The molecular weight excluding hydrogens is 101 g/mol. The number of hydrogen-bond acceptors (Lipinski definition) is 2. The van der Waals surface area contributed by atoms with Crippen LogP contribution in [0.25, 0.3) is 0 Å². The predicted molar refractivity (Wildman–Crippen MR) is 25.3 cm³/mol. The molecule has 0 unspecified atom stereocenters. The number of aliphatic hydroxyl groups excluding tert-OH is 1. The third-order valence-electron chi connectivity index (χ3n) is 0.253. The van der Waals surface area contributed by atoms with Crippen molar-refractivity contribution in [2.45, 2.75) is 0 Å². The Morgan fingerprint density at radius 3 is 2.00 bits per heavy atom. The van der Waals surface area contributed by atoms with E-state index >= 15 is 0 Å². The molecule has 6 heavy (non-hydrogen) atoms. The van der Waals surface area contributed by atoms with Gasteiger partial charge in [-0.3, -0.25) is 5.41 Å². The normalized spacial score (nSPS) is 7.50. The molecule has 0 fully saturated rings. The van der Waals surface area contributed by atoms with Crippen LogP contribution in [0.3, 0.4) is 0 Å². The van der Waals surface area contributed by atoms with Crippen LogP contribution >= 0.6 is 11.6 Å². The van der Waals surface area contributed by atoms with Crippen LogP contribution in [0.2, 0.25) is 0 Å². The van der Waals surface area contributed by atoms with Gasteiger partial charge in [0.25, 0.3) is 0 Å². The van der Waals surface area contributed by atoms with Crippen LogP contribution in [-0.4, -0.2) is 10.3 Å². The monoisotopic (exact) mass is 105 g/mol. The van der Waals surface area contributed by atoms with E-state index in [1.165, 1.54) is 0 Å². The summed E-state index contributed by atoms with van der Waals surface area (Å²) in [5.41, 5.74) is 0. The summed E-state index contributed by atoms with van der Waals surface area (Å²) in [5, 5.41) is 14.0. The van der Waals surface area contributed by atoms with E-state index in [2.05, 4.69) is 6.58 Å². The molecule has 0 radical (unpaired) electrons. The number of allylic oxidation sites excluding steroid dienone is 1. The number of aliphatic hydroxyl groups is 1. The van der Waals surface area contributed by atoms with E-state index in [9.17, 15) is 0 Å². The number of halogens is 1. The number of hydrogen-bond donors (Lipinski definition) is 2. The van der Waals surface area contributed by atoms with Gasteiger partial charge in [-0.25, -0.2) is 0 Å². The number of rotatable bonds is 1. The Hall–Kier alpha value is -0.500. The highest BCUT2D eigenvalue weighted by Gasteiger charge is 1.87. The summed E-state index contributed by atoms with van der Waals surface area (Å²) in [7, 11) is 0. The molecule has 0 aromatic heterocycles. The molecule has 34 valence electrons. The molecule has 0 atom stereocenters. The van der Waals surface area contributed by atoms with Crippen molar-refractivity contribution in [1.82, 2.24) is 0 Å². The molecule has 0 rings (SSSR count). The fourth-order valence-electron chi connectivity index (χ4n) is 0. The molecular formula is C3H4ClNO. The van der Waals surface area contributed by atoms with Crippen molar-refractivity contribution in [3.63, 3.8) is 0 Å². The Balaban J connectivity index is 3.57. The summed E-state index contributed by atoms with van der Waals surface area (Å²) in [6.07, 6.45) is 0. The molecule has 0 aliphatic heterocycles. The molecule has 0 saturated carbocycles. The molecule has 0 aromatic carbocycles. The molecule has 0 aromatic rings. The quantitative estimate of drug-likeness (QED) is 0.383. The van der Waals surface area contributed by atoms with Crippen LogP contribution in [0.15, 0.2) is 12.3 Å². The van der Waals surface area contributed by atoms with Crippen molar-refractivity contribution in [1.29, 1.82) is 5.41 Å². The second-order valence-electron chi connectivity index (χ2n) is 0.761. The third-order valence-corrected chi connectivity index (χ3v) is 0.472. The SMILES string of the molecule is C=C(O)C(=N)Cl. The zero-order valence-corrected chi connectivity index (χ0v) is 3.79. The fraction of sp³-hybridized carbons (Fsp3) is 0. The summed E-state index contributed by atoms with van der Waals surface area (Å²) in [6.45, 7) is 2.95. The lowest BCUT2D eigenvalue weighted by molar-refractivity contribution is 0.447. The van der Waals surface area contributed by atoms with E-state index in [-0.39, 0.29) is 0 Å². The first kappa shape index (κ1) is 5.50. The zero-order valence-electron chi connectivity index (χ0n) is 3.03. The maximum Gasteiger partial charge on any atom is 0.162 e. The summed E-state index contributed by atoms with van der Waals surface area (Å²) in [4.78, 5) is 0. The maximum atomic E-state index is 8.08. The molecule has 0 saturated heterocycles. The van der Waals surface area contributed by atoms with Crippen LogP contribution in [0.4, 0.5) is 0 Å². The Bertz CT molecular complexity index is 76.8. The molecule has 0 bridgehead atoms. The van der Waals surface area contributed by atoms with Crippen LogP contribution in [0, 0.1) is 5.41 Å². The summed E-state index contributed by atoms with van der Waals surface area (Å²) in [6, 6.07) is 0. The third kappa shape index (κ3) is 1.79. The molecule has 0 spiro atoms. The Labute approximate surface area is 40.6 Å². The summed E-state index contributed by atoms with van der Waals surface area (Å²) < 4.78 is 0. The lowest BCUT2D eigenvalue weighted by atomic mass is 10.6. The van der Waals surface area contributed by atoms with Crippen LogP contribution < -0.4 is 0 Å². The van der Waals surface area contributed by atoms with Gasteiger partial charge in [0.1, 0.15) is 5.76 Å². The molecule has 0 amide bonds.